The first-order chi connectivity index (χ1) is 7.15. The van der Waals surface area contributed by atoms with E-state index in [9.17, 15) is 0 Å². The highest BCUT2D eigenvalue weighted by Gasteiger charge is 2.21. The standard InChI is InChI=1S/C13H18N2/c1-13(2,7-8-14)11-4-3-5-12-10(11)6-9-15-12/h3-6,9,15H,7-8,14H2,1-2H3. The number of H-pyrrole nitrogens is 1. The van der Waals surface area contributed by atoms with Crippen molar-refractivity contribution in [2.75, 3.05) is 6.54 Å². The van der Waals surface area contributed by atoms with E-state index in [1.165, 1.54) is 16.5 Å². The van der Waals surface area contributed by atoms with E-state index < -0.39 is 0 Å². The topological polar surface area (TPSA) is 41.8 Å². The molecule has 2 heteroatoms. The van der Waals surface area contributed by atoms with Gasteiger partial charge in [0.05, 0.1) is 0 Å². The van der Waals surface area contributed by atoms with Crippen LogP contribution >= 0.6 is 0 Å². The summed E-state index contributed by atoms with van der Waals surface area (Å²) in [6, 6.07) is 8.55. The molecule has 0 radical (unpaired) electrons. The van der Waals surface area contributed by atoms with Crippen molar-refractivity contribution in [2.45, 2.75) is 25.7 Å². The minimum Gasteiger partial charge on any atom is -0.361 e. The summed E-state index contributed by atoms with van der Waals surface area (Å²) >= 11 is 0. The molecule has 2 aromatic rings. The van der Waals surface area contributed by atoms with Crippen LogP contribution in [0.4, 0.5) is 0 Å². The van der Waals surface area contributed by atoms with Gasteiger partial charge in [-0.1, -0.05) is 26.0 Å². The normalized spacial score (nSPS) is 12.2. The molecule has 0 atom stereocenters. The molecule has 0 amide bonds. The van der Waals surface area contributed by atoms with Crippen LogP contribution in [0.15, 0.2) is 30.5 Å². The van der Waals surface area contributed by atoms with Gasteiger partial charge in [0.2, 0.25) is 0 Å². The molecule has 0 aliphatic heterocycles. The number of rotatable bonds is 3. The zero-order valence-corrected chi connectivity index (χ0v) is 9.38. The Kier molecular flexibility index (Phi) is 2.53. The van der Waals surface area contributed by atoms with Crippen molar-refractivity contribution >= 4 is 10.9 Å². The number of fused-ring (bicyclic) bond motifs is 1. The summed E-state index contributed by atoms with van der Waals surface area (Å²) in [7, 11) is 0. The van der Waals surface area contributed by atoms with Gasteiger partial charge >= 0.3 is 0 Å². The maximum Gasteiger partial charge on any atom is 0.0456 e. The second-order valence-electron chi connectivity index (χ2n) is 4.67. The molecule has 0 saturated heterocycles. The van der Waals surface area contributed by atoms with Crippen LogP contribution in [0.25, 0.3) is 10.9 Å². The summed E-state index contributed by atoms with van der Waals surface area (Å²) in [5.74, 6) is 0. The Morgan fingerprint density at radius 2 is 2.07 bits per heavy atom. The largest absolute Gasteiger partial charge is 0.361 e. The van der Waals surface area contributed by atoms with Crippen LogP contribution in [-0.2, 0) is 5.41 Å². The van der Waals surface area contributed by atoms with Crippen molar-refractivity contribution < 1.29 is 0 Å². The molecule has 0 saturated carbocycles. The first kappa shape index (κ1) is 10.2. The van der Waals surface area contributed by atoms with Gasteiger partial charge in [-0.05, 0) is 36.1 Å². The van der Waals surface area contributed by atoms with Crippen molar-refractivity contribution in [2.24, 2.45) is 5.73 Å². The lowest BCUT2D eigenvalue weighted by atomic mass is 9.80. The van der Waals surface area contributed by atoms with Gasteiger partial charge in [0.25, 0.3) is 0 Å². The Balaban J connectivity index is 2.55. The molecule has 0 spiro atoms. The van der Waals surface area contributed by atoms with Crippen LogP contribution in [0.5, 0.6) is 0 Å². The number of nitrogens with two attached hydrogens (primary N) is 1. The highest BCUT2D eigenvalue weighted by molar-refractivity contribution is 5.83. The fraction of sp³-hybridized carbons (Fsp3) is 0.385. The molecule has 2 rings (SSSR count). The summed E-state index contributed by atoms with van der Waals surface area (Å²) in [6.45, 7) is 5.23. The van der Waals surface area contributed by atoms with Gasteiger partial charge in [0.15, 0.2) is 0 Å². The molecule has 1 heterocycles. The van der Waals surface area contributed by atoms with E-state index in [2.05, 4.69) is 43.1 Å². The summed E-state index contributed by atoms with van der Waals surface area (Å²) < 4.78 is 0. The Labute approximate surface area is 90.5 Å². The molecule has 0 aliphatic carbocycles. The minimum atomic E-state index is 0.149. The highest BCUT2D eigenvalue weighted by atomic mass is 14.7. The second kappa shape index (κ2) is 3.70. The third kappa shape index (κ3) is 1.77. The highest BCUT2D eigenvalue weighted by Crippen LogP contribution is 2.32. The van der Waals surface area contributed by atoms with Crippen LogP contribution in [0.1, 0.15) is 25.8 Å². The second-order valence-corrected chi connectivity index (χ2v) is 4.67. The lowest BCUT2D eigenvalue weighted by molar-refractivity contribution is 0.492. The van der Waals surface area contributed by atoms with E-state index in [4.69, 9.17) is 5.73 Å². The molecular formula is C13H18N2. The van der Waals surface area contributed by atoms with Crippen molar-refractivity contribution in [3.05, 3.63) is 36.0 Å². The fourth-order valence-electron chi connectivity index (χ4n) is 2.17. The van der Waals surface area contributed by atoms with Gasteiger partial charge < -0.3 is 10.7 Å². The molecule has 0 unspecified atom stereocenters. The van der Waals surface area contributed by atoms with Gasteiger partial charge in [-0.15, -0.1) is 0 Å². The molecule has 0 bridgehead atoms. The van der Waals surface area contributed by atoms with E-state index in [-0.39, 0.29) is 5.41 Å². The van der Waals surface area contributed by atoms with Gasteiger partial charge in [-0.3, -0.25) is 0 Å². The quantitative estimate of drug-likeness (QED) is 0.789. The molecule has 80 valence electrons. The summed E-state index contributed by atoms with van der Waals surface area (Å²) in [5, 5.41) is 1.32. The molecule has 0 aliphatic rings. The fourth-order valence-corrected chi connectivity index (χ4v) is 2.17. The average molecular weight is 202 g/mol. The van der Waals surface area contributed by atoms with Crippen molar-refractivity contribution in [3.8, 4) is 0 Å². The van der Waals surface area contributed by atoms with E-state index >= 15 is 0 Å². The van der Waals surface area contributed by atoms with Crippen molar-refractivity contribution in [1.29, 1.82) is 0 Å². The maximum atomic E-state index is 5.66. The number of aromatic nitrogens is 1. The van der Waals surface area contributed by atoms with Crippen molar-refractivity contribution in [1.82, 2.24) is 4.98 Å². The van der Waals surface area contributed by atoms with Gasteiger partial charge in [-0.25, -0.2) is 0 Å². The molecule has 2 nitrogen and oxygen atoms in total. The summed E-state index contributed by atoms with van der Waals surface area (Å²) in [4.78, 5) is 3.24. The Bertz CT molecular complexity index is 454. The molecule has 0 fully saturated rings. The van der Waals surface area contributed by atoms with Gasteiger partial charge in [-0.2, -0.15) is 0 Å². The third-order valence-corrected chi connectivity index (χ3v) is 3.09. The number of hydrogen-bond donors (Lipinski definition) is 2. The minimum absolute atomic E-state index is 0.149. The zero-order valence-electron chi connectivity index (χ0n) is 9.38. The van der Waals surface area contributed by atoms with Crippen LogP contribution < -0.4 is 5.73 Å². The number of benzene rings is 1. The SMILES string of the molecule is CC(C)(CCN)c1cccc2[nH]ccc12. The van der Waals surface area contributed by atoms with Crippen molar-refractivity contribution in [3.63, 3.8) is 0 Å². The monoisotopic (exact) mass is 202 g/mol. The van der Waals surface area contributed by atoms with E-state index in [1.807, 2.05) is 6.20 Å². The number of hydrogen-bond acceptors (Lipinski definition) is 1. The predicted molar refractivity (Wildman–Crippen MR) is 65.0 cm³/mol. The van der Waals surface area contributed by atoms with E-state index in [0.29, 0.717) is 0 Å². The molecule has 15 heavy (non-hydrogen) atoms. The van der Waals surface area contributed by atoms with Crippen LogP contribution in [0.2, 0.25) is 0 Å². The number of nitrogens with one attached hydrogen (secondary N) is 1. The van der Waals surface area contributed by atoms with Crippen LogP contribution in [-0.4, -0.2) is 11.5 Å². The first-order valence-corrected chi connectivity index (χ1v) is 5.42. The van der Waals surface area contributed by atoms with Gasteiger partial charge in [0.1, 0.15) is 0 Å². The van der Waals surface area contributed by atoms with Crippen LogP contribution in [0, 0.1) is 0 Å². The predicted octanol–water partition coefficient (Wildman–Crippen LogP) is 2.79. The number of aromatic amines is 1. The van der Waals surface area contributed by atoms with E-state index in [1.54, 1.807) is 0 Å². The van der Waals surface area contributed by atoms with E-state index in [0.717, 1.165) is 13.0 Å². The van der Waals surface area contributed by atoms with Gasteiger partial charge in [0, 0.05) is 17.1 Å². The smallest absolute Gasteiger partial charge is 0.0456 e. The maximum absolute atomic E-state index is 5.66. The molecule has 3 N–H and O–H groups in total. The lowest BCUT2D eigenvalue weighted by Gasteiger charge is -2.25. The average Bonchev–Trinajstić information content (AvgIpc) is 2.64. The molecule has 1 aromatic carbocycles. The summed E-state index contributed by atoms with van der Waals surface area (Å²) in [6.07, 6.45) is 3.00. The third-order valence-electron chi connectivity index (χ3n) is 3.09. The Morgan fingerprint density at radius 1 is 1.27 bits per heavy atom. The Hall–Kier alpha value is -1.28. The molecular weight excluding hydrogens is 184 g/mol. The lowest BCUT2D eigenvalue weighted by Crippen LogP contribution is -2.21. The summed E-state index contributed by atoms with van der Waals surface area (Å²) in [5.41, 5.74) is 8.40. The Morgan fingerprint density at radius 3 is 2.80 bits per heavy atom. The first-order valence-electron chi connectivity index (χ1n) is 5.42. The van der Waals surface area contributed by atoms with Crippen LogP contribution in [0.3, 0.4) is 0 Å². The zero-order chi connectivity index (χ0) is 10.9. The molecule has 1 aromatic heterocycles.